The zero-order valence-electron chi connectivity index (χ0n) is 21.8. The van der Waals surface area contributed by atoms with Crippen molar-refractivity contribution in [3.05, 3.63) is 72.8 Å². The van der Waals surface area contributed by atoms with Crippen LogP contribution in [0, 0.1) is 26.1 Å². The van der Waals surface area contributed by atoms with Gasteiger partial charge in [0, 0.05) is 31.8 Å². The molecule has 10 nitrogen and oxygen atoms in total. The van der Waals surface area contributed by atoms with Crippen molar-refractivity contribution in [2.45, 2.75) is 45.1 Å². The van der Waals surface area contributed by atoms with Gasteiger partial charge in [-0.25, -0.2) is 4.79 Å². The number of carbonyl (C=O) groups excluding carboxylic acids is 1. The molecule has 0 aliphatic carbocycles. The molecule has 0 spiro atoms. The summed E-state index contributed by atoms with van der Waals surface area (Å²) in [5, 5.41) is 23.5. The van der Waals surface area contributed by atoms with Crippen LogP contribution in [0.15, 0.2) is 36.4 Å². The van der Waals surface area contributed by atoms with Crippen molar-refractivity contribution < 1.29 is 45.7 Å². The average Bonchev–Trinajstić information content (AvgIpc) is 3.30. The lowest BCUT2D eigenvalue weighted by atomic mass is 10.1. The number of hydrogen-bond acceptors (Lipinski definition) is 7. The Morgan fingerprint density at radius 3 is 1.95 bits per heavy atom. The fourth-order valence-electron chi connectivity index (χ4n) is 3.59. The third-order valence-electron chi connectivity index (χ3n) is 5.51. The average molecular weight is 615 g/mol. The second-order valence-electron chi connectivity index (χ2n) is 9.87. The van der Waals surface area contributed by atoms with Gasteiger partial charge in [0.05, 0.1) is 21.0 Å². The molecule has 1 atom stereocenters. The summed E-state index contributed by atoms with van der Waals surface area (Å²) in [6.45, 7) is 6.31. The monoisotopic (exact) mass is 614 g/mol. The normalized spacial score (nSPS) is 15.6. The van der Waals surface area contributed by atoms with Crippen LogP contribution >= 0.6 is 11.6 Å². The molecule has 0 bridgehead atoms. The van der Waals surface area contributed by atoms with E-state index in [1.54, 1.807) is 20.8 Å². The van der Waals surface area contributed by atoms with E-state index >= 15 is 0 Å². The molecule has 1 amide bonds. The zero-order valence-corrected chi connectivity index (χ0v) is 22.6. The molecule has 226 valence electrons. The first-order chi connectivity index (χ1) is 18.7. The van der Waals surface area contributed by atoms with Crippen LogP contribution in [0.5, 0.6) is 0 Å². The molecule has 3 rings (SSSR count). The number of nitro groups is 2. The number of amides is 1. The number of rotatable bonds is 5. The number of benzene rings is 2. The first-order valence-corrected chi connectivity index (χ1v) is 12.2. The lowest BCUT2D eigenvalue weighted by molar-refractivity contribution is -0.384. The highest BCUT2D eigenvalue weighted by Gasteiger charge is 2.34. The Hall–Kier alpha value is -3.82. The van der Waals surface area contributed by atoms with Crippen molar-refractivity contribution in [3.63, 3.8) is 0 Å². The van der Waals surface area contributed by atoms with Gasteiger partial charge in [-0.1, -0.05) is 11.6 Å². The number of ether oxygens (including phenoxy) is 1. The van der Waals surface area contributed by atoms with Gasteiger partial charge in [0.15, 0.2) is 0 Å². The third-order valence-corrected chi connectivity index (χ3v) is 5.81. The van der Waals surface area contributed by atoms with E-state index in [1.807, 2.05) is 0 Å². The SMILES string of the molecule is CC(C)(C)OC(=O)N1CC[C@@H](CNc2cc(C(F)(F)F)ccc2[N+](=O)[O-])C1.O=[N+]([O-])c1ccc(C(F)(F)F)cc1Cl. The number of carbonyl (C=O) groups is 1. The molecule has 1 N–H and O–H groups in total. The van der Waals surface area contributed by atoms with E-state index in [0.29, 0.717) is 37.7 Å². The van der Waals surface area contributed by atoms with Gasteiger partial charge in [0.2, 0.25) is 0 Å². The van der Waals surface area contributed by atoms with Crippen molar-refractivity contribution in [2.24, 2.45) is 5.92 Å². The largest absolute Gasteiger partial charge is 0.444 e. The first-order valence-electron chi connectivity index (χ1n) is 11.8. The van der Waals surface area contributed by atoms with Crippen LogP contribution in [0.2, 0.25) is 5.02 Å². The van der Waals surface area contributed by atoms with E-state index < -0.39 is 61.4 Å². The van der Waals surface area contributed by atoms with Gasteiger partial charge in [-0.2, -0.15) is 26.3 Å². The van der Waals surface area contributed by atoms with Crippen LogP contribution in [0.1, 0.15) is 38.3 Å². The lowest BCUT2D eigenvalue weighted by Crippen LogP contribution is -2.35. The molecule has 1 aliphatic rings. The molecular formula is C24H25ClF6N4O6. The van der Waals surface area contributed by atoms with Crippen LogP contribution in [0.3, 0.4) is 0 Å². The number of likely N-dealkylation sites (tertiary alicyclic amines) is 1. The Kier molecular flexibility index (Phi) is 10.4. The standard InChI is InChI=1S/C17H22F3N3O4.C7H3ClF3NO2/c1-16(2,3)27-15(24)22-7-6-11(10-22)9-21-13-8-12(17(18,19)20)4-5-14(13)23(25)26;8-5-3-4(7(9,10)11)1-2-6(5)12(13)14/h4-5,8,11,21H,6-7,9-10H2,1-3H3;1-3H/t11-;/m0./s1. The zero-order chi connectivity index (χ0) is 31.3. The van der Waals surface area contributed by atoms with Gasteiger partial charge in [-0.15, -0.1) is 0 Å². The van der Waals surface area contributed by atoms with Crippen molar-refractivity contribution in [2.75, 3.05) is 25.0 Å². The Morgan fingerprint density at radius 1 is 0.976 bits per heavy atom. The second-order valence-corrected chi connectivity index (χ2v) is 10.3. The number of halogens is 7. The molecule has 0 saturated carbocycles. The molecule has 2 aromatic rings. The fraction of sp³-hybridized carbons (Fsp3) is 0.458. The predicted molar refractivity (Wildman–Crippen MR) is 136 cm³/mol. The summed E-state index contributed by atoms with van der Waals surface area (Å²) in [6, 6.07) is 4.13. The molecule has 0 aromatic heterocycles. The molecule has 17 heteroatoms. The van der Waals surface area contributed by atoms with Crippen LogP contribution in [0.4, 0.5) is 48.2 Å². The summed E-state index contributed by atoms with van der Waals surface area (Å²) in [7, 11) is 0. The lowest BCUT2D eigenvalue weighted by Gasteiger charge is -2.24. The summed E-state index contributed by atoms with van der Waals surface area (Å²) in [5.41, 5.74) is -3.74. The van der Waals surface area contributed by atoms with Gasteiger partial charge < -0.3 is 15.0 Å². The highest BCUT2D eigenvalue weighted by molar-refractivity contribution is 6.32. The number of nitro benzene ring substituents is 2. The number of nitrogens with zero attached hydrogens (tertiary/aromatic N) is 3. The quantitative estimate of drug-likeness (QED) is 0.209. The van der Waals surface area contributed by atoms with Crippen LogP contribution in [0.25, 0.3) is 0 Å². The van der Waals surface area contributed by atoms with Crippen LogP contribution in [-0.2, 0) is 17.1 Å². The second kappa shape index (κ2) is 12.8. The van der Waals surface area contributed by atoms with E-state index in [2.05, 4.69) is 5.32 Å². The summed E-state index contributed by atoms with van der Waals surface area (Å²) < 4.78 is 80.1. The van der Waals surface area contributed by atoms with Crippen molar-refractivity contribution in [1.82, 2.24) is 4.90 Å². The predicted octanol–water partition coefficient (Wildman–Crippen LogP) is 7.55. The summed E-state index contributed by atoms with van der Waals surface area (Å²) >= 11 is 5.29. The summed E-state index contributed by atoms with van der Waals surface area (Å²) in [4.78, 5) is 33.3. The minimum Gasteiger partial charge on any atom is -0.444 e. The van der Waals surface area contributed by atoms with Gasteiger partial charge in [0.1, 0.15) is 16.3 Å². The number of nitrogens with one attached hydrogen (secondary N) is 1. The van der Waals surface area contributed by atoms with E-state index in [4.69, 9.17) is 16.3 Å². The fourth-order valence-corrected chi connectivity index (χ4v) is 3.84. The van der Waals surface area contributed by atoms with Gasteiger partial charge in [0.25, 0.3) is 11.4 Å². The van der Waals surface area contributed by atoms with E-state index in [9.17, 15) is 51.4 Å². The minimum absolute atomic E-state index is 0.0494. The Morgan fingerprint density at radius 2 is 1.49 bits per heavy atom. The van der Waals surface area contributed by atoms with Crippen LogP contribution in [-0.4, -0.2) is 46.1 Å². The van der Waals surface area contributed by atoms with Gasteiger partial charge >= 0.3 is 18.4 Å². The maximum atomic E-state index is 12.9. The molecule has 0 radical (unpaired) electrons. The summed E-state index contributed by atoms with van der Waals surface area (Å²) in [6.07, 6.45) is -8.96. The number of alkyl halides is 6. The highest BCUT2D eigenvalue weighted by atomic mass is 35.5. The number of anilines is 1. The smallest absolute Gasteiger partial charge is 0.416 e. The molecule has 41 heavy (non-hydrogen) atoms. The number of hydrogen-bond donors (Lipinski definition) is 1. The molecule has 2 aromatic carbocycles. The first kappa shape index (κ1) is 33.4. The molecule has 1 aliphatic heterocycles. The van der Waals surface area contributed by atoms with Crippen molar-refractivity contribution in [3.8, 4) is 0 Å². The van der Waals surface area contributed by atoms with Crippen LogP contribution < -0.4 is 5.32 Å². The third kappa shape index (κ3) is 9.95. The summed E-state index contributed by atoms with van der Waals surface area (Å²) in [5.74, 6) is -0.0494. The molecule has 1 saturated heterocycles. The molecular weight excluding hydrogens is 590 g/mol. The van der Waals surface area contributed by atoms with Crippen molar-refractivity contribution >= 4 is 34.8 Å². The van der Waals surface area contributed by atoms with E-state index in [1.165, 1.54) is 4.90 Å². The van der Waals surface area contributed by atoms with Gasteiger partial charge in [-0.3, -0.25) is 20.2 Å². The van der Waals surface area contributed by atoms with E-state index in [0.717, 1.165) is 18.2 Å². The van der Waals surface area contributed by atoms with Gasteiger partial charge in [-0.05, 0) is 57.4 Å². The Bertz CT molecular complexity index is 1280. The highest BCUT2D eigenvalue weighted by Crippen LogP contribution is 2.36. The Balaban J connectivity index is 0.000000353. The Labute approximate surface area is 234 Å². The molecule has 1 fully saturated rings. The van der Waals surface area contributed by atoms with E-state index in [-0.39, 0.29) is 18.2 Å². The molecule has 0 unspecified atom stereocenters. The topological polar surface area (TPSA) is 128 Å². The van der Waals surface area contributed by atoms with Crippen molar-refractivity contribution in [1.29, 1.82) is 0 Å². The minimum atomic E-state index is -4.59. The maximum Gasteiger partial charge on any atom is 0.416 e. The molecule has 1 heterocycles. The maximum absolute atomic E-state index is 12.9.